The zero-order chi connectivity index (χ0) is 13.1. The van der Waals surface area contributed by atoms with Crippen molar-refractivity contribution in [2.45, 2.75) is 33.2 Å². The van der Waals surface area contributed by atoms with Crippen molar-refractivity contribution in [2.24, 2.45) is 0 Å². The number of hydrogen-bond donors (Lipinski definition) is 1. The van der Waals surface area contributed by atoms with Crippen molar-refractivity contribution in [3.8, 4) is 0 Å². The maximum Gasteiger partial charge on any atom is 0.145 e. The lowest BCUT2D eigenvalue weighted by Crippen LogP contribution is -2.03. The third-order valence-electron chi connectivity index (χ3n) is 3.42. The van der Waals surface area contributed by atoms with Crippen molar-refractivity contribution < 1.29 is 4.74 Å². The summed E-state index contributed by atoms with van der Waals surface area (Å²) >= 11 is 0. The van der Waals surface area contributed by atoms with Crippen molar-refractivity contribution in [2.75, 3.05) is 19.5 Å². The minimum atomic E-state index is 0.566. The zero-order valence-electron chi connectivity index (χ0n) is 11.2. The number of rotatable bonds is 5. The molecule has 0 aliphatic heterocycles. The van der Waals surface area contributed by atoms with E-state index in [1.807, 2.05) is 0 Å². The molecule has 0 atom stereocenters. The van der Waals surface area contributed by atoms with Crippen LogP contribution >= 0.6 is 0 Å². The van der Waals surface area contributed by atoms with Gasteiger partial charge in [0.15, 0.2) is 0 Å². The Bertz CT molecular complexity index is 547. The van der Waals surface area contributed by atoms with Gasteiger partial charge in [-0.3, -0.25) is 0 Å². The predicted octanol–water partition coefficient (Wildman–Crippen LogP) is 2.06. The van der Waals surface area contributed by atoms with Gasteiger partial charge in [0.1, 0.15) is 17.8 Å². The molecule has 18 heavy (non-hydrogen) atoms. The number of hydrogen-bond acceptors (Lipinski definition) is 4. The molecule has 98 valence electrons. The molecular formula is C13H20N4O. The van der Waals surface area contributed by atoms with Crippen LogP contribution in [0.4, 0.5) is 5.82 Å². The molecule has 0 saturated heterocycles. The standard InChI is InChI=1S/C13H20N4O/c1-9-10(2)17(6-4-5-7-18-3)13-11(9)12(14)15-8-16-13/h8H,4-7H2,1-3H3,(H2,14,15,16). The normalized spacial score (nSPS) is 11.3. The Kier molecular flexibility index (Phi) is 3.81. The van der Waals surface area contributed by atoms with Gasteiger partial charge < -0.3 is 15.0 Å². The fourth-order valence-corrected chi connectivity index (χ4v) is 2.29. The van der Waals surface area contributed by atoms with Crippen molar-refractivity contribution in [1.29, 1.82) is 0 Å². The molecular weight excluding hydrogens is 228 g/mol. The molecule has 0 spiro atoms. The van der Waals surface area contributed by atoms with E-state index in [-0.39, 0.29) is 0 Å². The predicted molar refractivity (Wildman–Crippen MR) is 72.5 cm³/mol. The summed E-state index contributed by atoms with van der Waals surface area (Å²) < 4.78 is 7.29. The second-order valence-corrected chi connectivity index (χ2v) is 4.52. The smallest absolute Gasteiger partial charge is 0.145 e. The Balaban J connectivity index is 2.32. The molecule has 0 amide bonds. The van der Waals surface area contributed by atoms with Gasteiger partial charge in [0.2, 0.25) is 0 Å². The monoisotopic (exact) mass is 248 g/mol. The molecule has 2 heterocycles. The summed E-state index contributed by atoms with van der Waals surface area (Å²) in [7, 11) is 1.73. The summed E-state index contributed by atoms with van der Waals surface area (Å²) in [6, 6.07) is 0. The molecule has 2 aromatic heterocycles. The van der Waals surface area contributed by atoms with Gasteiger partial charge in [-0.2, -0.15) is 0 Å². The number of fused-ring (bicyclic) bond motifs is 1. The second kappa shape index (κ2) is 5.35. The molecule has 0 bridgehead atoms. The van der Waals surface area contributed by atoms with E-state index in [4.69, 9.17) is 10.5 Å². The van der Waals surface area contributed by atoms with E-state index < -0.39 is 0 Å². The van der Waals surface area contributed by atoms with Gasteiger partial charge in [0, 0.05) is 26.0 Å². The third-order valence-corrected chi connectivity index (χ3v) is 3.42. The largest absolute Gasteiger partial charge is 0.385 e. The molecule has 2 N–H and O–H groups in total. The summed E-state index contributed by atoms with van der Waals surface area (Å²) in [6.07, 6.45) is 3.65. The maximum atomic E-state index is 5.93. The number of nitrogen functional groups attached to an aromatic ring is 1. The van der Waals surface area contributed by atoms with Gasteiger partial charge in [-0.15, -0.1) is 0 Å². The molecule has 0 fully saturated rings. The van der Waals surface area contributed by atoms with Gasteiger partial charge >= 0.3 is 0 Å². The molecule has 2 aromatic rings. The van der Waals surface area contributed by atoms with E-state index in [9.17, 15) is 0 Å². The minimum absolute atomic E-state index is 0.566. The lowest BCUT2D eigenvalue weighted by atomic mass is 10.2. The lowest BCUT2D eigenvalue weighted by Gasteiger charge is -2.07. The molecule has 0 radical (unpaired) electrons. The van der Waals surface area contributed by atoms with E-state index in [1.165, 1.54) is 17.6 Å². The summed E-state index contributed by atoms with van der Waals surface area (Å²) in [4.78, 5) is 8.43. The number of ether oxygens (including phenoxy) is 1. The number of aromatic nitrogens is 3. The van der Waals surface area contributed by atoms with Crippen LogP contribution in [-0.4, -0.2) is 28.3 Å². The van der Waals surface area contributed by atoms with Crippen LogP contribution in [0.15, 0.2) is 6.33 Å². The van der Waals surface area contributed by atoms with Crippen LogP contribution in [0.5, 0.6) is 0 Å². The van der Waals surface area contributed by atoms with E-state index in [1.54, 1.807) is 7.11 Å². The lowest BCUT2D eigenvalue weighted by molar-refractivity contribution is 0.191. The number of methoxy groups -OCH3 is 1. The molecule has 5 nitrogen and oxygen atoms in total. The molecule has 0 saturated carbocycles. The summed E-state index contributed by atoms with van der Waals surface area (Å²) in [5.41, 5.74) is 9.26. The fraction of sp³-hybridized carbons (Fsp3) is 0.538. The fourth-order valence-electron chi connectivity index (χ4n) is 2.29. The minimum Gasteiger partial charge on any atom is -0.385 e. The first-order chi connectivity index (χ1) is 8.66. The number of anilines is 1. The average Bonchev–Trinajstić information content (AvgIpc) is 2.60. The zero-order valence-corrected chi connectivity index (χ0v) is 11.2. The topological polar surface area (TPSA) is 66.0 Å². The highest BCUT2D eigenvalue weighted by Gasteiger charge is 2.14. The Morgan fingerprint density at radius 1 is 1.28 bits per heavy atom. The Hall–Kier alpha value is -1.62. The number of aryl methyl sites for hydroxylation is 2. The maximum absolute atomic E-state index is 5.93. The highest BCUT2D eigenvalue weighted by molar-refractivity contribution is 5.90. The first-order valence-corrected chi connectivity index (χ1v) is 6.21. The van der Waals surface area contributed by atoms with Crippen molar-refractivity contribution in [1.82, 2.24) is 14.5 Å². The number of unbranched alkanes of at least 4 members (excludes halogenated alkanes) is 1. The Morgan fingerprint density at radius 3 is 2.78 bits per heavy atom. The van der Waals surface area contributed by atoms with E-state index in [2.05, 4.69) is 28.4 Å². The van der Waals surface area contributed by atoms with Crippen LogP contribution < -0.4 is 5.73 Å². The van der Waals surface area contributed by atoms with Gasteiger partial charge in [-0.1, -0.05) is 0 Å². The first-order valence-electron chi connectivity index (χ1n) is 6.21. The molecule has 0 unspecified atom stereocenters. The third kappa shape index (κ3) is 2.18. The van der Waals surface area contributed by atoms with Gasteiger partial charge in [0.25, 0.3) is 0 Å². The van der Waals surface area contributed by atoms with E-state index >= 15 is 0 Å². The van der Waals surface area contributed by atoms with Crippen LogP contribution in [0.3, 0.4) is 0 Å². The average molecular weight is 248 g/mol. The van der Waals surface area contributed by atoms with Crippen LogP contribution in [0.25, 0.3) is 11.0 Å². The molecule has 0 aliphatic carbocycles. The van der Waals surface area contributed by atoms with Crippen LogP contribution in [0.2, 0.25) is 0 Å². The summed E-state index contributed by atoms with van der Waals surface area (Å²) in [6.45, 7) is 5.92. The molecule has 2 rings (SSSR count). The van der Waals surface area contributed by atoms with Gasteiger partial charge in [-0.05, 0) is 32.3 Å². The van der Waals surface area contributed by atoms with E-state index in [0.717, 1.165) is 37.0 Å². The van der Waals surface area contributed by atoms with Crippen LogP contribution in [0.1, 0.15) is 24.1 Å². The van der Waals surface area contributed by atoms with E-state index in [0.29, 0.717) is 5.82 Å². The SMILES string of the molecule is COCCCCn1c(C)c(C)c2c(N)ncnc21. The summed E-state index contributed by atoms with van der Waals surface area (Å²) in [5.74, 6) is 0.566. The van der Waals surface area contributed by atoms with Crippen LogP contribution in [-0.2, 0) is 11.3 Å². The first kappa shape index (κ1) is 12.8. The van der Waals surface area contributed by atoms with Crippen LogP contribution in [0, 0.1) is 13.8 Å². The highest BCUT2D eigenvalue weighted by Crippen LogP contribution is 2.27. The second-order valence-electron chi connectivity index (χ2n) is 4.52. The van der Waals surface area contributed by atoms with Crippen molar-refractivity contribution in [3.63, 3.8) is 0 Å². The summed E-state index contributed by atoms with van der Waals surface area (Å²) in [5, 5.41) is 0.988. The van der Waals surface area contributed by atoms with Crippen molar-refractivity contribution in [3.05, 3.63) is 17.6 Å². The number of nitrogens with zero attached hydrogens (tertiary/aromatic N) is 3. The Labute approximate surface area is 107 Å². The quantitative estimate of drug-likeness (QED) is 0.822. The van der Waals surface area contributed by atoms with Crippen molar-refractivity contribution >= 4 is 16.9 Å². The molecule has 0 aromatic carbocycles. The highest BCUT2D eigenvalue weighted by atomic mass is 16.5. The Morgan fingerprint density at radius 2 is 2.06 bits per heavy atom. The van der Waals surface area contributed by atoms with Gasteiger partial charge in [-0.25, -0.2) is 9.97 Å². The molecule has 0 aliphatic rings. The molecule has 5 heteroatoms. The number of nitrogens with two attached hydrogens (primary N) is 1. The van der Waals surface area contributed by atoms with Gasteiger partial charge in [0.05, 0.1) is 5.39 Å².